The van der Waals surface area contributed by atoms with Gasteiger partial charge in [-0.3, -0.25) is 4.79 Å². The molecule has 2 amide bonds. The van der Waals surface area contributed by atoms with E-state index in [4.69, 9.17) is 27.6 Å². The number of aliphatic hydroxyl groups is 1. The Morgan fingerprint density at radius 3 is 2.42 bits per heavy atom. The molecule has 3 aromatic rings. The number of nitrogens with one attached hydrogen (secondary N) is 2. The van der Waals surface area contributed by atoms with Gasteiger partial charge in [0.05, 0.1) is 5.02 Å². The number of hydrogen-bond donors (Lipinski definition) is 3. The first-order chi connectivity index (χ1) is 15.5. The van der Waals surface area contributed by atoms with E-state index in [0.29, 0.717) is 10.6 Å². The van der Waals surface area contributed by atoms with Crippen LogP contribution in [0.15, 0.2) is 65.1 Å². The second-order valence-electron chi connectivity index (χ2n) is 7.37. The first kappa shape index (κ1) is 23.2. The zero-order chi connectivity index (χ0) is 24.0. The summed E-state index contributed by atoms with van der Waals surface area (Å²) in [5.41, 5.74) is -3.58. The number of carbonyl (C=O) groups is 2. The summed E-state index contributed by atoms with van der Waals surface area (Å²) in [6.07, 6.45) is -5.37. The SMILES string of the molecule is O=C1N[C@@H](c2ccc(-c3cc(Cl)ccc3Cl)o2)[C@H](C(=O)c2ccccc2)[C@@](O)(C(F)(F)F)N1. The first-order valence-electron chi connectivity index (χ1n) is 9.53. The van der Waals surface area contributed by atoms with E-state index in [1.165, 1.54) is 53.8 Å². The van der Waals surface area contributed by atoms with Gasteiger partial charge < -0.3 is 20.2 Å². The second kappa shape index (κ2) is 8.40. The van der Waals surface area contributed by atoms with Gasteiger partial charge in [-0.1, -0.05) is 53.5 Å². The Morgan fingerprint density at radius 2 is 1.76 bits per heavy atom. The second-order valence-corrected chi connectivity index (χ2v) is 8.22. The smallest absolute Gasteiger partial charge is 0.437 e. The van der Waals surface area contributed by atoms with Crippen molar-refractivity contribution in [2.75, 3.05) is 0 Å². The van der Waals surface area contributed by atoms with Gasteiger partial charge in [0.1, 0.15) is 23.5 Å². The number of ketones is 1. The lowest BCUT2D eigenvalue weighted by molar-refractivity contribution is -0.288. The molecule has 0 radical (unpaired) electrons. The highest BCUT2D eigenvalue weighted by atomic mass is 35.5. The highest BCUT2D eigenvalue weighted by Gasteiger charge is 2.66. The van der Waals surface area contributed by atoms with Gasteiger partial charge in [-0.2, -0.15) is 13.2 Å². The predicted molar refractivity (Wildman–Crippen MR) is 114 cm³/mol. The summed E-state index contributed by atoms with van der Waals surface area (Å²) in [6.45, 7) is 0. The zero-order valence-electron chi connectivity index (χ0n) is 16.5. The van der Waals surface area contributed by atoms with Gasteiger partial charge in [0.25, 0.3) is 0 Å². The Balaban J connectivity index is 1.83. The highest BCUT2D eigenvalue weighted by molar-refractivity contribution is 6.35. The molecular weight excluding hydrogens is 484 g/mol. The Morgan fingerprint density at radius 1 is 1.06 bits per heavy atom. The fourth-order valence-corrected chi connectivity index (χ4v) is 4.09. The molecule has 33 heavy (non-hydrogen) atoms. The molecule has 0 unspecified atom stereocenters. The van der Waals surface area contributed by atoms with E-state index in [-0.39, 0.29) is 22.1 Å². The van der Waals surface area contributed by atoms with Gasteiger partial charge in [0, 0.05) is 16.1 Å². The maximum atomic E-state index is 14.0. The molecule has 1 saturated heterocycles. The summed E-state index contributed by atoms with van der Waals surface area (Å²) in [4.78, 5) is 25.3. The summed E-state index contributed by atoms with van der Waals surface area (Å²) in [7, 11) is 0. The van der Waals surface area contributed by atoms with Crippen LogP contribution in [0.3, 0.4) is 0 Å². The van der Waals surface area contributed by atoms with Crippen LogP contribution in [0.4, 0.5) is 18.0 Å². The molecule has 3 N–H and O–H groups in total. The van der Waals surface area contributed by atoms with Crippen LogP contribution >= 0.6 is 23.2 Å². The predicted octanol–water partition coefficient (Wildman–Crippen LogP) is 5.36. The largest absolute Gasteiger partial charge is 0.459 e. The third kappa shape index (κ3) is 4.19. The molecule has 2 aromatic carbocycles. The van der Waals surface area contributed by atoms with Crippen LogP contribution < -0.4 is 10.6 Å². The number of furan rings is 1. The van der Waals surface area contributed by atoms with Gasteiger partial charge in [0.15, 0.2) is 5.78 Å². The Hall–Kier alpha value is -3.01. The van der Waals surface area contributed by atoms with Gasteiger partial charge in [-0.15, -0.1) is 0 Å². The van der Waals surface area contributed by atoms with Crippen LogP contribution in [0.5, 0.6) is 0 Å². The fraction of sp³-hybridized carbons (Fsp3) is 0.182. The molecule has 0 saturated carbocycles. The van der Waals surface area contributed by atoms with Crippen LogP contribution in [0.25, 0.3) is 11.3 Å². The number of alkyl halides is 3. The number of rotatable bonds is 4. The van der Waals surface area contributed by atoms with E-state index in [9.17, 15) is 27.9 Å². The van der Waals surface area contributed by atoms with Crippen molar-refractivity contribution in [2.45, 2.75) is 17.9 Å². The van der Waals surface area contributed by atoms with Crippen molar-refractivity contribution >= 4 is 35.0 Å². The average molecular weight is 499 g/mol. The van der Waals surface area contributed by atoms with Crippen molar-refractivity contribution < 1.29 is 32.3 Å². The third-order valence-corrected chi connectivity index (χ3v) is 5.84. The van der Waals surface area contributed by atoms with E-state index in [2.05, 4.69) is 5.32 Å². The van der Waals surface area contributed by atoms with Crippen molar-refractivity contribution in [1.29, 1.82) is 0 Å². The van der Waals surface area contributed by atoms with E-state index in [0.717, 1.165) is 0 Å². The van der Waals surface area contributed by atoms with E-state index >= 15 is 0 Å². The zero-order valence-corrected chi connectivity index (χ0v) is 18.0. The van der Waals surface area contributed by atoms with Crippen LogP contribution in [-0.4, -0.2) is 28.8 Å². The number of halogens is 5. The van der Waals surface area contributed by atoms with Gasteiger partial charge >= 0.3 is 12.2 Å². The Kier molecular flexibility index (Phi) is 5.90. The summed E-state index contributed by atoms with van der Waals surface area (Å²) < 4.78 is 47.6. The Bertz CT molecular complexity index is 1220. The number of Topliss-reactive ketones (excluding diaryl/α,β-unsaturated/α-hetero) is 1. The molecule has 172 valence electrons. The molecule has 0 spiro atoms. The lowest BCUT2D eigenvalue weighted by Crippen LogP contribution is -2.72. The molecule has 0 bridgehead atoms. The summed E-state index contributed by atoms with van der Waals surface area (Å²) in [5, 5.41) is 14.9. The molecule has 1 aliphatic rings. The summed E-state index contributed by atoms with van der Waals surface area (Å²) in [6, 6.07) is 11.4. The van der Waals surface area contributed by atoms with Gasteiger partial charge in [0.2, 0.25) is 5.72 Å². The maximum absolute atomic E-state index is 14.0. The standard InChI is InChI=1S/C22H15Cl2F3N2O4/c23-12-6-7-14(24)13(10-12)15-8-9-16(33-15)18-17(19(30)11-4-2-1-3-5-11)21(32,22(25,26)27)29-20(31)28-18/h1-10,17-18,32H,(H2,28,29,31)/t17-,18+,21-/m1/s1. The van der Waals surface area contributed by atoms with Gasteiger partial charge in [-0.25, -0.2) is 4.79 Å². The molecule has 2 heterocycles. The number of hydrogen-bond acceptors (Lipinski definition) is 4. The lowest BCUT2D eigenvalue weighted by Gasteiger charge is -2.44. The molecular formula is C22H15Cl2F3N2O4. The molecule has 1 fully saturated rings. The van der Waals surface area contributed by atoms with Crippen LogP contribution in [-0.2, 0) is 0 Å². The molecule has 3 atom stereocenters. The monoisotopic (exact) mass is 498 g/mol. The van der Waals surface area contributed by atoms with Crippen molar-refractivity contribution in [3.05, 3.63) is 82.0 Å². The Labute approximate surface area is 195 Å². The average Bonchev–Trinajstić information content (AvgIpc) is 3.24. The highest BCUT2D eigenvalue weighted by Crippen LogP contribution is 2.45. The van der Waals surface area contributed by atoms with E-state index in [1.807, 2.05) is 0 Å². The minimum absolute atomic E-state index is 0.0854. The third-order valence-electron chi connectivity index (χ3n) is 5.27. The molecule has 11 heteroatoms. The van der Waals surface area contributed by atoms with E-state index < -0.39 is 35.7 Å². The van der Waals surface area contributed by atoms with Crippen molar-refractivity contribution in [3.63, 3.8) is 0 Å². The molecule has 6 nitrogen and oxygen atoms in total. The fourth-order valence-electron chi connectivity index (χ4n) is 3.71. The van der Waals surface area contributed by atoms with Crippen molar-refractivity contribution in [1.82, 2.24) is 10.6 Å². The van der Waals surface area contributed by atoms with Crippen molar-refractivity contribution in [3.8, 4) is 11.3 Å². The van der Waals surface area contributed by atoms with Crippen LogP contribution in [0.2, 0.25) is 10.0 Å². The van der Waals surface area contributed by atoms with Crippen LogP contribution in [0.1, 0.15) is 22.2 Å². The topological polar surface area (TPSA) is 91.6 Å². The van der Waals surface area contributed by atoms with Crippen molar-refractivity contribution in [2.24, 2.45) is 5.92 Å². The minimum Gasteiger partial charge on any atom is -0.459 e. The number of amides is 2. The number of urea groups is 1. The summed E-state index contributed by atoms with van der Waals surface area (Å²) in [5.74, 6) is -3.29. The minimum atomic E-state index is -5.37. The van der Waals surface area contributed by atoms with Gasteiger partial charge in [-0.05, 0) is 30.3 Å². The summed E-state index contributed by atoms with van der Waals surface area (Å²) >= 11 is 12.2. The molecule has 1 aliphatic heterocycles. The normalized spacial score (nSPS) is 23.0. The van der Waals surface area contributed by atoms with Crippen LogP contribution in [0, 0.1) is 5.92 Å². The molecule has 0 aliphatic carbocycles. The number of carbonyl (C=O) groups excluding carboxylic acids is 2. The van der Waals surface area contributed by atoms with E-state index in [1.54, 1.807) is 12.1 Å². The lowest BCUT2D eigenvalue weighted by atomic mass is 9.79. The maximum Gasteiger partial charge on any atom is 0.437 e. The first-order valence-corrected chi connectivity index (χ1v) is 10.3. The molecule has 1 aromatic heterocycles. The quantitative estimate of drug-likeness (QED) is 0.422. The molecule has 4 rings (SSSR count). The number of benzene rings is 2.